The van der Waals surface area contributed by atoms with Crippen molar-refractivity contribution in [3.05, 3.63) is 29.8 Å². The fraction of sp³-hybridized carbons (Fsp3) is 0.500. The number of hydrogen-bond donors (Lipinski definition) is 0. The number of carbonyl (C=O) groups excluding carboxylic acids is 1. The van der Waals surface area contributed by atoms with E-state index in [1.807, 2.05) is 52.0 Å². The Kier molecular flexibility index (Phi) is 4.53. The predicted octanol–water partition coefficient (Wildman–Crippen LogP) is 3.24. The molecule has 0 bridgehead atoms. The van der Waals surface area contributed by atoms with Gasteiger partial charge < -0.3 is 4.74 Å². The Morgan fingerprint density at radius 1 is 1.12 bits per heavy atom. The second kappa shape index (κ2) is 5.69. The lowest BCUT2D eigenvalue weighted by molar-refractivity contribution is -0.121. The number of carbonyl (C=O) groups is 1. The number of ketones is 1. The van der Waals surface area contributed by atoms with Crippen LogP contribution in [0.15, 0.2) is 24.3 Å². The molecule has 0 aromatic heterocycles. The number of rotatable bonds is 5. The molecule has 1 aromatic carbocycles. The average molecular weight is 220 g/mol. The summed E-state index contributed by atoms with van der Waals surface area (Å²) in [7, 11) is 0. The molecule has 0 N–H and O–H groups in total. The Hall–Kier alpha value is -1.31. The monoisotopic (exact) mass is 220 g/mol. The third kappa shape index (κ3) is 4.05. The zero-order chi connectivity index (χ0) is 12.1. The van der Waals surface area contributed by atoms with E-state index in [2.05, 4.69) is 0 Å². The van der Waals surface area contributed by atoms with Crippen molar-refractivity contribution in [2.24, 2.45) is 5.92 Å². The van der Waals surface area contributed by atoms with E-state index in [1.165, 1.54) is 0 Å². The van der Waals surface area contributed by atoms with Gasteiger partial charge >= 0.3 is 0 Å². The minimum absolute atomic E-state index is 0.103. The van der Waals surface area contributed by atoms with E-state index in [0.29, 0.717) is 6.42 Å². The van der Waals surface area contributed by atoms with Gasteiger partial charge in [-0.2, -0.15) is 0 Å². The van der Waals surface area contributed by atoms with Crippen molar-refractivity contribution in [2.45, 2.75) is 40.2 Å². The molecule has 0 amide bonds. The highest BCUT2D eigenvalue weighted by Gasteiger charge is 2.08. The highest BCUT2D eigenvalue weighted by molar-refractivity contribution is 5.82. The summed E-state index contributed by atoms with van der Waals surface area (Å²) in [5.74, 6) is 1.24. The number of Topliss-reactive ketones (excluding diaryl/α,β-unsaturated/α-hetero) is 1. The van der Waals surface area contributed by atoms with Gasteiger partial charge in [0, 0.05) is 12.3 Å². The summed E-state index contributed by atoms with van der Waals surface area (Å²) in [5.41, 5.74) is 1.05. The van der Waals surface area contributed by atoms with Crippen LogP contribution in [0.2, 0.25) is 0 Å². The maximum absolute atomic E-state index is 11.5. The number of ether oxygens (including phenoxy) is 1. The molecular weight excluding hydrogens is 200 g/mol. The fourth-order valence-corrected chi connectivity index (χ4v) is 1.36. The van der Waals surface area contributed by atoms with Gasteiger partial charge in [-0.05, 0) is 31.5 Å². The molecule has 1 aromatic rings. The SMILES string of the molecule is CC(C)Oc1ccc(CC(=O)C(C)C)cc1. The molecule has 1 rings (SSSR count). The summed E-state index contributed by atoms with van der Waals surface area (Å²) >= 11 is 0. The largest absolute Gasteiger partial charge is 0.491 e. The smallest absolute Gasteiger partial charge is 0.139 e. The molecule has 0 atom stereocenters. The average Bonchev–Trinajstić information content (AvgIpc) is 2.20. The van der Waals surface area contributed by atoms with Gasteiger partial charge in [0.25, 0.3) is 0 Å². The molecule has 0 unspecified atom stereocenters. The van der Waals surface area contributed by atoms with Crippen molar-refractivity contribution in [3.63, 3.8) is 0 Å². The van der Waals surface area contributed by atoms with Gasteiger partial charge in [0.2, 0.25) is 0 Å². The zero-order valence-electron chi connectivity index (χ0n) is 10.5. The zero-order valence-corrected chi connectivity index (χ0v) is 10.5. The molecule has 0 fully saturated rings. The third-order valence-corrected chi connectivity index (χ3v) is 2.32. The van der Waals surface area contributed by atoms with E-state index in [1.54, 1.807) is 0 Å². The van der Waals surface area contributed by atoms with Crippen molar-refractivity contribution in [2.75, 3.05) is 0 Å². The molecule has 88 valence electrons. The van der Waals surface area contributed by atoms with Gasteiger partial charge in [-0.1, -0.05) is 26.0 Å². The molecule has 0 aliphatic rings. The van der Waals surface area contributed by atoms with E-state index in [4.69, 9.17) is 4.74 Å². The highest BCUT2D eigenvalue weighted by atomic mass is 16.5. The molecular formula is C14H20O2. The van der Waals surface area contributed by atoms with E-state index < -0.39 is 0 Å². The first-order valence-corrected chi connectivity index (χ1v) is 5.77. The summed E-state index contributed by atoms with van der Waals surface area (Å²) in [6.45, 7) is 7.85. The van der Waals surface area contributed by atoms with Gasteiger partial charge in [-0.25, -0.2) is 0 Å². The normalized spacial score (nSPS) is 10.9. The molecule has 0 saturated heterocycles. The summed E-state index contributed by atoms with van der Waals surface area (Å²) in [5, 5.41) is 0. The Morgan fingerprint density at radius 3 is 2.12 bits per heavy atom. The molecule has 0 aliphatic heterocycles. The van der Waals surface area contributed by atoms with Crippen LogP contribution in [-0.4, -0.2) is 11.9 Å². The number of benzene rings is 1. The minimum Gasteiger partial charge on any atom is -0.491 e. The Bertz CT molecular complexity index is 336. The van der Waals surface area contributed by atoms with Crippen LogP contribution >= 0.6 is 0 Å². The Morgan fingerprint density at radius 2 is 1.69 bits per heavy atom. The molecule has 16 heavy (non-hydrogen) atoms. The van der Waals surface area contributed by atoms with Crippen LogP contribution in [0.3, 0.4) is 0 Å². The van der Waals surface area contributed by atoms with Crippen molar-refractivity contribution in [1.29, 1.82) is 0 Å². The second-order valence-electron chi connectivity index (χ2n) is 4.61. The quantitative estimate of drug-likeness (QED) is 0.761. The van der Waals surface area contributed by atoms with Gasteiger partial charge in [0.15, 0.2) is 0 Å². The van der Waals surface area contributed by atoms with Crippen LogP contribution in [0.5, 0.6) is 5.75 Å². The topological polar surface area (TPSA) is 26.3 Å². The van der Waals surface area contributed by atoms with Gasteiger partial charge in [-0.3, -0.25) is 4.79 Å². The summed E-state index contributed by atoms with van der Waals surface area (Å²) < 4.78 is 5.54. The first-order chi connectivity index (χ1) is 7.49. The highest BCUT2D eigenvalue weighted by Crippen LogP contribution is 2.15. The second-order valence-corrected chi connectivity index (χ2v) is 4.61. The van der Waals surface area contributed by atoms with E-state index in [0.717, 1.165) is 11.3 Å². The minimum atomic E-state index is 0.103. The predicted molar refractivity (Wildman–Crippen MR) is 65.8 cm³/mol. The van der Waals surface area contributed by atoms with Crippen molar-refractivity contribution in [3.8, 4) is 5.75 Å². The van der Waals surface area contributed by atoms with Crippen molar-refractivity contribution in [1.82, 2.24) is 0 Å². The summed E-state index contributed by atoms with van der Waals surface area (Å²) in [6, 6.07) is 7.75. The molecule has 0 radical (unpaired) electrons. The summed E-state index contributed by atoms with van der Waals surface area (Å²) in [6.07, 6.45) is 0.697. The van der Waals surface area contributed by atoms with Crippen LogP contribution in [0.25, 0.3) is 0 Å². The van der Waals surface area contributed by atoms with Crippen LogP contribution < -0.4 is 4.74 Å². The summed E-state index contributed by atoms with van der Waals surface area (Å²) in [4.78, 5) is 11.5. The van der Waals surface area contributed by atoms with Gasteiger partial charge in [-0.15, -0.1) is 0 Å². The molecule has 2 heteroatoms. The third-order valence-electron chi connectivity index (χ3n) is 2.32. The molecule has 0 saturated carbocycles. The maximum atomic E-state index is 11.5. The lowest BCUT2D eigenvalue weighted by Crippen LogP contribution is -2.10. The molecule has 2 nitrogen and oxygen atoms in total. The fourth-order valence-electron chi connectivity index (χ4n) is 1.36. The lowest BCUT2D eigenvalue weighted by Gasteiger charge is -2.10. The number of hydrogen-bond acceptors (Lipinski definition) is 2. The Labute approximate surface area is 97.6 Å². The van der Waals surface area contributed by atoms with Crippen molar-refractivity contribution >= 4 is 5.78 Å². The Balaban J connectivity index is 2.61. The molecule has 0 spiro atoms. The van der Waals surface area contributed by atoms with Crippen LogP contribution in [0.1, 0.15) is 33.3 Å². The first-order valence-electron chi connectivity index (χ1n) is 5.77. The lowest BCUT2D eigenvalue weighted by atomic mass is 10.0. The van der Waals surface area contributed by atoms with E-state index >= 15 is 0 Å². The van der Waals surface area contributed by atoms with E-state index in [-0.39, 0.29) is 17.8 Å². The maximum Gasteiger partial charge on any atom is 0.139 e. The van der Waals surface area contributed by atoms with Gasteiger partial charge in [0.05, 0.1) is 6.10 Å². The van der Waals surface area contributed by atoms with Crippen LogP contribution in [0, 0.1) is 5.92 Å². The standard InChI is InChI=1S/C14H20O2/c1-10(2)14(15)9-12-5-7-13(8-6-12)16-11(3)4/h5-8,10-11H,9H2,1-4H3. The first kappa shape index (κ1) is 12.8. The van der Waals surface area contributed by atoms with Gasteiger partial charge in [0.1, 0.15) is 11.5 Å². The molecule has 0 heterocycles. The van der Waals surface area contributed by atoms with Crippen LogP contribution in [0.4, 0.5) is 0 Å². The van der Waals surface area contributed by atoms with Crippen molar-refractivity contribution < 1.29 is 9.53 Å². The van der Waals surface area contributed by atoms with Crippen LogP contribution in [-0.2, 0) is 11.2 Å². The van der Waals surface area contributed by atoms with E-state index in [9.17, 15) is 4.79 Å². The molecule has 0 aliphatic carbocycles.